The molecule has 106 valence electrons. The predicted molar refractivity (Wildman–Crippen MR) is 74.2 cm³/mol. The molecule has 1 aliphatic rings. The number of amides is 1. The second-order valence-corrected chi connectivity index (χ2v) is 6.15. The largest absolute Gasteiger partial charge is 0.416 e. The van der Waals surface area contributed by atoms with Gasteiger partial charge in [-0.25, -0.2) is 0 Å². The Morgan fingerprint density at radius 2 is 2.05 bits per heavy atom. The van der Waals surface area contributed by atoms with Crippen LogP contribution in [0.25, 0.3) is 0 Å². The van der Waals surface area contributed by atoms with Crippen LogP contribution in [-0.2, 0) is 4.79 Å². The van der Waals surface area contributed by atoms with E-state index in [1.165, 1.54) is 18.2 Å². The Bertz CT molecular complexity index is 414. The van der Waals surface area contributed by atoms with Crippen LogP contribution >= 0.6 is 11.8 Å². The number of carbonyl (C=O) groups excluding carboxylic acids is 1. The van der Waals surface area contributed by atoms with Crippen molar-refractivity contribution in [2.45, 2.75) is 50.7 Å². The van der Waals surface area contributed by atoms with E-state index in [0.717, 1.165) is 25.9 Å². The minimum atomic E-state index is 0.246. The summed E-state index contributed by atoms with van der Waals surface area (Å²) in [5, 5.41) is 8.50. The third-order valence-corrected chi connectivity index (χ3v) is 3.99. The number of piperidine rings is 1. The van der Waals surface area contributed by atoms with E-state index in [9.17, 15) is 4.79 Å². The quantitative estimate of drug-likeness (QED) is 0.778. The van der Waals surface area contributed by atoms with Crippen molar-refractivity contribution in [3.63, 3.8) is 0 Å². The van der Waals surface area contributed by atoms with Crippen LogP contribution in [0, 0.1) is 0 Å². The van der Waals surface area contributed by atoms with Gasteiger partial charge >= 0.3 is 0 Å². The fourth-order valence-electron chi connectivity index (χ4n) is 2.04. The summed E-state index contributed by atoms with van der Waals surface area (Å²) in [6.45, 7) is 5.87. The molecule has 0 unspecified atom stereocenters. The van der Waals surface area contributed by atoms with Crippen LogP contribution < -0.4 is 0 Å². The van der Waals surface area contributed by atoms with E-state index < -0.39 is 0 Å². The molecule has 1 fully saturated rings. The number of hydrogen-bond acceptors (Lipinski definition) is 5. The minimum absolute atomic E-state index is 0.246. The first-order valence-corrected chi connectivity index (χ1v) is 7.89. The molecule has 0 spiro atoms. The van der Waals surface area contributed by atoms with E-state index in [1.54, 1.807) is 0 Å². The maximum atomic E-state index is 11.9. The fourth-order valence-corrected chi connectivity index (χ4v) is 2.73. The highest BCUT2D eigenvalue weighted by atomic mass is 32.2. The molecule has 6 heteroatoms. The van der Waals surface area contributed by atoms with Crippen molar-refractivity contribution >= 4 is 17.7 Å². The summed E-state index contributed by atoms with van der Waals surface area (Å²) in [4.78, 5) is 13.9. The molecule has 0 saturated carbocycles. The van der Waals surface area contributed by atoms with Gasteiger partial charge in [0.05, 0.1) is 0 Å². The molecule has 1 aromatic rings. The van der Waals surface area contributed by atoms with Gasteiger partial charge < -0.3 is 9.32 Å². The molecule has 0 bridgehead atoms. The van der Waals surface area contributed by atoms with Crippen LogP contribution in [0.3, 0.4) is 0 Å². The molecule has 2 rings (SSSR count). The number of likely N-dealkylation sites (tertiary alicyclic amines) is 1. The van der Waals surface area contributed by atoms with Crippen molar-refractivity contribution in [1.82, 2.24) is 15.1 Å². The zero-order valence-corrected chi connectivity index (χ0v) is 12.4. The topological polar surface area (TPSA) is 59.2 Å². The SMILES string of the molecule is CC(C)c1nnc(SCCC(=O)N2CCCCC2)o1. The smallest absolute Gasteiger partial charge is 0.276 e. The predicted octanol–water partition coefficient (Wildman–Crippen LogP) is 2.69. The van der Waals surface area contributed by atoms with Gasteiger partial charge in [-0.2, -0.15) is 0 Å². The molecule has 19 heavy (non-hydrogen) atoms. The summed E-state index contributed by atoms with van der Waals surface area (Å²) in [6, 6.07) is 0. The zero-order chi connectivity index (χ0) is 13.7. The first-order chi connectivity index (χ1) is 9.16. The Balaban J connectivity index is 1.71. The van der Waals surface area contributed by atoms with Gasteiger partial charge in [0.25, 0.3) is 5.22 Å². The number of rotatable bonds is 5. The normalized spacial score (nSPS) is 16.1. The van der Waals surface area contributed by atoms with Crippen molar-refractivity contribution in [3.05, 3.63) is 5.89 Å². The summed E-state index contributed by atoms with van der Waals surface area (Å²) in [5.74, 6) is 1.85. The van der Waals surface area contributed by atoms with Gasteiger partial charge in [-0.1, -0.05) is 25.6 Å². The Hall–Kier alpha value is -1.04. The van der Waals surface area contributed by atoms with E-state index in [1.807, 2.05) is 18.7 Å². The van der Waals surface area contributed by atoms with Crippen LogP contribution in [0.2, 0.25) is 0 Å². The van der Waals surface area contributed by atoms with Gasteiger partial charge in [0.1, 0.15) is 0 Å². The van der Waals surface area contributed by atoms with Crippen LogP contribution in [0.4, 0.5) is 0 Å². The van der Waals surface area contributed by atoms with Crippen molar-refractivity contribution in [1.29, 1.82) is 0 Å². The standard InChI is InChI=1S/C13H21N3O2S/c1-10(2)12-14-15-13(18-12)19-9-6-11(17)16-7-4-3-5-8-16/h10H,3-9H2,1-2H3. The van der Waals surface area contributed by atoms with Gasteiger partial charge in [-0.15, -0.1) is 10.2 Å². The highest BCUT2D eigenvalue weighted by Crippen LogP contribution is 2.21. The monoisotopic (exact) mass is 283 g/mol. The summed E-state index contributed by atoms with van der Waals surface area (Å²) in [7, 11) is 0. The lowest BCUT2D eigenvalue weighted by atomic mass is 10.1. The highest BCUT2D eigenvalue weighted by Gasteiger charge is 2.16. The first-order valence-electron chi connectivity index (χ1n) is 6.91. The molecule has 5 nitrogen and oxygen atoms in total. The minimum Gasteiger partial charge on any atom is -0.416 e. The lowest BCUT2D eigenvalue weighted by molar-refractivity contribution is -0.131. The van der Waals surface area contributed by atoms with Crippen molar-refractivity contribution < 1.29 is 9.21 Å². The maximum Gasteiger partial charge on any atom is 0.276 e. The van der Waals surface area contributed by atoms with Crippen LogP contribution in [0.15, 0.2) is 9.64 Å². The third-order valence-electron chi connectivity index (χ3n) is 3.17. The molecule has 1 aliphatic heterocycles. The average Bonchev–Trinajstić information content (AvgIpc) is 2.89. The molecule has 1 amide bonds. The van der Waals surface area contributed by atoms with E-state index >= 15 is 0 Å². The molecule has 0 aliphatic carbocycles. The van der Waals surface area contributed by atoms with Crippen LogP contribution in [-0.4, -0.2) is 39.8 Å². The Kier molecular flexibility index (Phi) is 5.24. The second kappa shape index (κ2) is 6.93. The fraction of sp³-hybridized carbons (Fsp3) is 0.769. The summed E-state index contributed by atoms with van der Waals surface area (Å²) < 4.78 is 5.49. The molecule has 1 aromatic heterocycles. The van der Waals surface area contributed by atoms with E-state index in [4.69, 9.17) is 4.42 Å². The van der Waals surface area contributed by atoms with Crippen molar-refractivity contribution in [2.75, 3.05) is 18.8 Å². The van der Waals surface area contributed by atoms with Gasteiger partial charge in [0.2, 0.25) is 11.8 Å². The molecule has 0 aromatic carbocycles. The average molecular weight is 283 g/mol. The summed E-state index contributed by atoms with van der Waals surface area (Å²) in [6.07, 6.45) is 4.07. The number of hydrogen-bond donors (Lipinski definition) is 0. The molecule has 1 saturated heterocycles. The lowest BCUT2D eigenvalue weighted by Gasteiger charge is -2.26. The zero-order valence-electron chi connectivity index (χ0n) is 11.6. The lowest BCUT2D eigenvalue weighted by Crippen LogP contribution is -2.35. The number of carbonyl (C=O) groups is 1. The first kappa shape index (κ1) is 14.4. The third kappa shape index (κ3) is 4.23. The van der Waals surface area contributed by atoms with Crippen LogP contribution in [0.1, 0.15) is 51.3 Å². The van der Waals surface area contributed by atoms with Gasteiger partial charge in [-0.05, 0) is 19.3 Å². The molecule has 0 atom stereocenters. The molecular weight excluding hydrogens is 262 g/mol. The molecular formula is C13H21N3O2S. The summed E-state index contributed by atoms with van der Waals surface area (Å²) >= 11 is 1.46. The number of nitrogens with zero attached hydrogens (tertiary/aromatic N) is 3. The Morgan fingerprint density at radius 3 is 2.68 bits per heavy atom. The molecule has 0 N–H and O–H groups in total. The van der Waals surface area contributed by atoms with Gasteiger partial charge in [0.15, 0.2) is 0 Å². The van der Waals surface area contributed by atoms with E-state index in [0.29, 0.717) is 23.3 Å². The highest BCUT2D eigenvalue weighted by molar-refractivity contribution is 7.99. The van der Waals surface area contributed by atoms with E-state index in [2.05, 4.69) is 10.2 Å². The Morgan fingerprint density at radius 1 is 1.32 bits per heavy atom. The molecule has 2 heterocycles. The van der Waals surface area contributed by atoms with Crippen LogP contribution in [0.5, 0.6) is 0 Å². The number of aromatic nitrogens is 2. The summed E-state index contributed by atoms with van der Waals surface area (Å²) in [5.41, 5.74) is 0. The molecule has 0 radical (unpaired) electrons. The van der Waals surface area contributed by atoms with Crippen molar-refractivity contribution in [2.24, 2.45) is 0 Å². The van der Waals surface area contributed by atoms with E-state index in [-0.39, 0.29) is 11.8 Å². The Labute approximate surface area is 118 Å². The van der Waals surface area contributed by atoms with Gasteiger partial charge in [0, 0.05) is 31.2 Å². The van der Waals surface area contributed by atoms with Crippen molar-refractivity contribution in [3.8, 4) is 0 Å². The maximum absolute atomic E-state index is 11.9. The number of thioether (sulfide) groups is 1. The van der Waals surface area contributed by atoms with Gasteiger partial charge in [-0.3, -0.25) is 4.79 Å². The second-order valence-electron chi connectivity index (χ2n) is 5.10.